The summed E-state index contributed by atoms with van der Waals surface area (Å²) in [6, 6.07) is 0. The number of halogens is 1. The molecule has 5 heteroatoms. The van der Waals surface area contributed by atoms with Crippen molar-refractivity contribution >= 4 is 27.8 Å². The van der Waals surface area contributed by atoms with Crippen molar-refractivity contribution in [3.63, 3.8) is 0 Å². The average Bonchev–Trinajstić information content (AvgIpc) is 2.61. The number of nitrogens with zero attached hydrogens (tertiary/aromatic N) is 1. The monoisotopic (exact) mass is 341 g/mol. The highest BCUT2D eigenvalue weighted by Gasteiger charge is 2.29. The molecule has 4 nitrogen and oxygen atoms in total. The minimum atomic E-state index is -0.508. The van der Waals surface area contributed by atoms with Crippen molar-refractivity contribution in [3.05, 3.63) is 34.9 Å². The zero-order valence-electron chi connectivity index (χ0n) is 12.2. The predicted octanol–water partition coefficient (Wildman–Crippen LogP) is 2.95. The number of esters is 1. The summed E-state index contributed by atoms with van der Waals surface area (Å²) >= 11 is 3.29. The number of hydrogen-bond donors (Lipinski definition) is 0. The Morgan fingerprint density at radius 2 is 2.10 bits per heavy atom. The Bertz CT molecular complexity index is 486. The van der Waals surface area contributed by atoms with Gasteiger partial charge in [-0.3, -0.25) is 9.59 Å². The van der Waals surface area contributed by atoms with Crippen LogP contribution in [0.4, 0.5) is 0 Å². The summed E-state index contributed by atoms with van der Waals surface area (Å²) in [5.74, 6) is -0.435. The zero-order valence-corrected chi connectivity index (χ0v) is 13.7. The predicted molar refractivity (Wildman–Crippen MR) is 82.3 cm³/mol. The fourth-order valence-electron chi connectivity index (χ4n) is 1.89. The van der Waals surface area contributed by atoms with E-state index in [1.807, 2.05) is 20.8 Å². The van der Waals surface area contributed by atoms with Gasteiger partial charge in [-0.05, 0) is 26.3 Å². The lowest BCUT2D eigenvalue weighted by Gasteiger charge is -2.21. The Morgan fingerprint density at radius 3 is 2.50 bits per heavy atom. The molecule has 0 aromatic heterocycles. The van der Waals surface area contributed by atoms with Crippen LogP contribution < -0.4 is 0 Å². The molecule has 20 heavy (non-hydrogen) atoms. The maximum atomic E-state index is 12.1. The lowest BCUT2D eigenvalue weighted by molar-refractivity contribution is -0.155. The second-order valence-electron chi connectivity index (χ2n) is 5.56. The molecule has 0 bridgehead atoms. The number of rotatable bonds is 5. The first-order chi connectivity index (χ1) is 9.15. The SMILES string of the molecule is C=CC1=C(C(=C)Br)CN(CCC(=O)OC(C)(C)C)C1=O. The molecule has 0 atom stereocenters. The molecule has 1 aliphatic heterocycles. The van der Waals surface area contributed by atoms with Gasteiger partial charge in [0.15, 0.2) is 0 Å². The largest absolute Gasteiger partial charge is 0.460 e. The van der Waals surface area contributed by atoms with Gasteiger partial charge in [0.05, 0.1) is 6.42 Å². The lowest BCUT2D eigenvalue weighted by atomic mass is 10.1. The molecule has 0 N–H and O–H groups in total. The van der Waals surface area contributed by atoms with E-state index in [-0.39, 0.29) is 18.3 Å². The number of ether oxygens (including phenoxy) is 1. The molecule has 1 aliphatic rings. The van der Waals surface area contributed by atoms with Crippen molar-refractivity contribution in [3.8, 4) is 0 Å². The Hall–Kier alpha value is -1.36. The number of hydrogen-bond acceptors (Lipinski definition) is 3. The standard InChI is InChI=1S/C15H20BrNO3/c1-6-11-12(10(2)16)9-17(14(11)19)8-7-13(18)20-15(3,4)5/h6H,1-2,7-9H2,3-5H3. The molecule has 1 heterocycles. The van der Waals surface area contributed by atoms with E-state index in [2.05, 4.69) is 29.1 Å². The van der Waals surface area contributed by atoms with Crippen LogP contribution in [0.2, 0.25) is 0 Å². The highest BCUT2D eigenvalue weighted by Crippen LogP contribution is 2.28. The van der Waals surface area contributed by atoms with Crippen LogP contribution in [0.25, 0.3) is 0 Å². The molecule has 0 aromatic carbocycles. The van der Waals surface area contributed by atoms with Crippen LogP contribution in [0.3, 0.4) is 0 Å². The van der Waals surface area contributed by atoms with Gasteiger partial charge in [-0.2, -0.15) is 0 Å². The molecule has 1 amide bonds. The number of amides is 1. The van der Waals surface area contributed by atoms with Gasteiger partial charge in [0.2, 0.25) is 0 Å². The quantitative estimate of drug-likeness (QED) is 0.722. The van der Waals surface area contributed by atoms with Crippen LogP contribution in [0.15, 0.2) is 34.9 Å². The van der Waals surface area contributed by atoms with E-state index in [1.165, 1.54) is 6.08 Å². The first-order valence-electron chi connectivity index (χ1n) is 6.37. The van der Waals surface area contributed by atoms with Gasteiger partial charge in [0.1, 0.15) is 5.60 Å². The molecule has 0 aromatic rings. The van der Waals surface area contributed by atoms with Gasteiger partial charge in [0, 0.05) is 23.1 Å². The van der Waals surface area contributed by atoms with E-state index >= 15 is 0 Å². The maximum absolute atomic E-state index is 12.1. The Kier molecular flexibility index (Phi) is 5.34. The van der Waals surface area contributed by atoms with Gasteiger partial charge in [-0.1, -0.05) is 35.2 Å². The van der Waals surface area contributed by atoms with Gasteiger partial charge < -0.3 is 9.64 Å². The summed E-state index contributed by atoms with van der Waals surface area (Å²) in [6.07, 6.45) is 1.70. The summed E-state index contributed by atoms with van der Waals surface area (Å²) in [7, 11) is 0. The highest BCUT2D eigenvalue weighted by atomic mass is 79.9. The lowest BCUT2D eigenvalue weighted by Crippen LogP contribution is -2.31. The third kappa shape index (κ3) is 4.34. The molecule has 0 saturated carbocycles. The molecule has 1 rings (SSSR count). The number of carbonyl (C=O) groups is 2. The van der Waals surface area contributed by atoms with E-state index < -0.39 is 5.60 Å². The maximum Gasteiger partial charge on any atom is 0.308 e. The highest BCUT2D eigenvalue weighted by molar-refractivity contribution is 9.11. The number of carbonyl (C=O) groups excluding carboxylic acids is 2. The molecule has 0 aliphatic carbocycles. The Morgan fingerprint density at radius 1 is 1.50 bits per heavy atom. The van der Waals surface area contributed by atoms with Crippen molar-refractivity contribution in [2.24, 2.45) is 0 Å². The van der Waals surface area contributed by atoms with E-state index in [9.17, 15) is 9.59 Å². The van der Waals surface area contributed by atoms with Crippen molar-refractivity contribution in [1.82, 2.24) is 4.90 Å². The Labute approximate surface area is 128 Å². The van der Waals surface area contributed by atoms with Crippen LogP contribution in [0.5, 0.6) is 0 Å². The molecule has 0 radical (unpaired) electrons. The molecule has 110 valence electrons. The van der Waals surface area contributed by atoms with Crippen LogP contribution in [-0.2, 0) is 14.3 Å². The molecular formula is C15H20BrNO3. The van der Waals surface area contributed by atoms with Crippen molar-refractivity contribution < 1.29 is 14.3 Å². The van der Waals surface area contributed by atoms with Crippen molar-refractivity contribution in [1.29, 1.82) is 0 Å². The van der Waals surface area contributed by atoms with Gasteiger partial charge in [-0.25, -0.2) is 0 Å². The second kappa shape index (κ2) is 6.39. The van der Waals surface area contributed by atoms with E-state index in [4.69, 9.17) is 4.74 Å². The van der Waals surface area contributed by atoms with Gasteiger partial charge in [-0.15, -0.1) is 0 Å². The summed E-state index contributed by atoms with van der Waals surface area (Å²) in [5.41, 5.74) is 0.844. The third-order valence-electron chi connectivity index (χ3n) is 2.73. The smallest absolute Gasteiger partial charge is 0.308 e. The van der Waals surface area contributed by atoms with E-state index in [0.29, 0.717) is 23.1 Å². The summed E-state index contributed by atoms with van der Waals surface area (Å²) < 4.78 is 5.89. The summed E-state index contributed by atoms with van der Waals surface area (Å²) in [6.45, 7) is 13.6. The normalized spacial score (nSPS) is 15.6. The van der Waals surface area contributed by atoms with E-state index in [0.717, 1.165) is 5.57 Å². The topological polar surface area (TPSA) is 46.6 Å². The van der Waals surface area contributed by atoms with Crippen LogP contribution in [0.1, 0.15) is 27.2 Å². The summed E-state index contributed by atoms with van der Waals surface area (Å²) in [4.78, 5) is 25.4. The van der Waals surface area contributed by atoms with Crippen LogP contribution in [-0.4, -0.2) is 35.5 Å². The molecule has 0 spiro atoms. The molecular weight excluding hydrogens is 322 g/mol. The fraction of sp³-hybridized carbons (Fsp3) is 0.467. The van der Waals surface area contributed by atoms with Crippen LogP contribution >= 0.6 is 15.9 Å². The van der Waals surface area contributed by atoms with E-state index in [1.54, 1.807) is 4.90 Å². The Balaban J connectivity index is 2.61. The molecule has 0 saturated heterocycles. The zero-order chi connectivity index (χ0) is 15.5. The minimum Gasteiger partial charge on any atom is -0.460 e. The summed E-state index contributed by atoms with van der Waals surface area (Å²) in [5, 5.41) is 0. The van der Waals surface area contributed by atoms with Crippen molar-refractivity contribution in [2.45, 2.75) is 32.8 Å². The van der Waals surface area contributed by atoms with Gasteiger partial charge in [0.25, 0.3) is 5.91 Å². The minimum absolute atomic E-state index is 0.126. The second-order valence-corrected chi connectivity index (χ2v) is 6.52. The first-order valence-corrected chi connectivity index (χ1v) is 7.16. The average molecular weight is 342 g/mol. The molecule has 0 unspecified atom stereocenters. The third-order valence-corrected chi connectivity index (χ3v) is 3.21. The van der Waals surface area contributed by atoms with Gasteiger partial charge >= 0.3 is 5.97 Å². The van der Waals surface area contributed by atoms with Crippen molar-refractivity contribution in [2.75, 3.05) is 13.1 Å². The first kappa shape index (κ1) is 16.7. The fourth-order valence-corrected chi connectivity index (χ4v) is 2.23. The van der Waals surface area contributed by atoms with Crippen LogP contribution in [0, 0.1) is 0 Å². The molecule has 0 fully saturated rings.